The number of thiophene rings is 1. The molecule has 10 rings (SSSR count). The van der Waals surface area contributed by atoms with E-state index in [0.29, 0.717) is 0 Å². The Labute approximate surface area is 307 Å². The highest BCUT2D eigenvalue weighted by Gasteiger charge is 2.16. The van der Waals surface area contributed by atoms with Crippen molar-refractivity contribution in [1.29, 1.82) is 0 Å². The maximum Gasteiger partial charge on any atom is 0.0467 e. The minimum absolute atomic E-state index is 1.11. The molecule has 0 spiro atoms. The minimum Gasteiger partial charge on any atom is -0.310 e. The number of benzene rings is 9. The summed E-state index contributed by atoms with van der Waals surface area (Å²) in [6.45, 7) is 0. The van der Waals surface area contributed by atoms with Gasteiger partial charge in [-0.15, -0.1) is 11.3 Å². The van der Waals surface area contributed by atoms with Crippen LogP contribution in [0.4, 0.5) is 17.1 Å². The Bertz CT molecular complexity index is 2890. The molecule has 9 aromatic carbocycles. The van der Waals surface area contributed by atoms with E-state index in [-0.39, 0.29) is 0 Å². The molecule has 0 aliphatic carbocycles. The van der Waals surface area contributed by atoms with Crippen LogP contribution in [-0.2, 0) is 0 Å². The first kappa shape index (κ1) is 30.4. The summed E-state index contributed by atoms with van der Waals surface area (Å²) in [5.41, 5.74) is 10.6. The van der Waals surface area contributed by atoms with Crippen LogP contribution in [-0.4, -0.2) is 0 Å². The van der Waals surface area contributed by atoms with Gasteiger partial charge in [0, 0.05) is 37.2 Å². The van der Waals surface area contributed by atoms with Crippen molar-refractivity contribution in [3.05, 3.63) is 200 Å². The summed E-state index contributed by atoms with van der Waals surface area (Å²) in [6.07, 6.45) is 0. The van der Waals surface area contributed by atoms with Crippen molar-refractivity contribution in [2.24, 2.45) is 0 Å². The van der Waals surface area contributed by atoms with Gasteiger partial charge in [0.25, 0.3) is 0 Å². The smallest absolute Gasteiger partial charge is 0.0467 e. The van der Waals surface area contributed by atoms with Gasteiger partial charge < -0.3 is 4.90 Å². The number of hydrogen-bond donors (Lipinski definition) is 0. The largest absolute Gasteiger partial charge is 0.310 e. The quantitative estimate of drug-likeness (QED) is 0.169. The average molecular weight is 680 g/mol. The van der Waals surface area contributed by atoms with Gasteiger partial charge in [-0.3, -0.25) is 0 Å². The molecule has 0 saturated carbocycles. The fourth-order valence-electron chi connectivity index (χ4n) is 7.61. The second-order valence-corrected chi connectivity index (χ2v) is 14.5. The maximum absolute atomic E-state index is 2.39. The summed E-state index contributed by atoms with van der Waals surface area (Å²) in [7, 11) is 0. The van der Waals surface area contributed by atoms with E-state index in [1.165, 1.54) is 75.1 Å². The lowest BCUT2D eigenvalue weighted by atomic mass is 9.96. The molecule has 0 amide bonds. The van der Waals surface area contributed by atoms with Crippen LogP contribution < -0.4 is 4.90 Å². The Balaban J connectivity index is 1.07. The molecule has 0 N–H and O–H groups in total. The van der Waals surface area contributed by atoms with E-state index < -0.39 is 0 Å². The molecule has 52 heavy (non-hydrogen) atoms. The maximum atomic E-state index is 2.39. The summed E-state index contributed by atoms with van der Waals surface area (Å²) in [4.78, 5) is 2.37. The molecular formula is C50H33NS. The van der Waals surface area contributed by atoms with Gasteiger partial charge in [0.15, 0.2) is 0 Å². The van der Waals surface area contributed by atoms with Crippen LogP contribution in [0.1, 0.15) is 0 Å². The van der Waals surface area contributed by atoms with E-state index in [1.54, 1.807) is 0 Å². The van der Waals surface area contributed by atoms with Crippen molar-refractivity contribution >= 4 is 70.1 Å². The molecule has 0 aliphatic rings. The van der Waals surface area contributed by atoms with Crippen LogP contribution in [0.25, 0.3) is 75.1 Å². The Morgan fingerprint density at radius 1 is 0.288 bits per heavy atom. The summed E-state index contributed by atoms with van der Waals surface area (Å²) >= 11 is 1.87. The van der Waals surface area contributed by atoms with Crippen molar-refractivity contribution in [1.82, 2.24) is 0 Å². The molecule has 0 unspecified atom stereocenters. The van der Waals surface area contributed by atoms with Crippen LogP contribution in [0.15, 0.2) is 200 Å². The first-order valence-corrected chi connectivity index (χ1v) is 18.6. The van der Waals surface area contributed by atoms with Gasteiger partial charge in [-0.1, -0.05) is 140 Å². The summed E-state index contributed by atoms with van der Waals surface area (Å²) in [5, 5.41) is 7.72. The lowest BCUT2D eigenvalue weighted by Gasteiger charge is -2.26. The minimum atomic E-state index is 1.11. The van der Waals surface area contributed by atoms with Crippen molar-refractivity contribution in [2.75, 3.05) is 4.90 Å². The predicted molar refractivity (Wildman–Crippen MR) is 225 cm³/mol. The predicted octanol–water partition coefficient (Wildman–Crippen LogP) is 14.8. The topological polar surface area (TPSA) is 3.24 Å². The van der Waals surface area contributed by atoms with Crippen LogP contribution in [0.5, 0.6) is 0 Å². The molecule has 0 saturated heterocycles. The highest BCUT2D eigenvalue weighted by Crippen LogP contribution is 2.41. The van der Waals surface area contributed by atoms with Gasteiger partial charge in [0.2, 0.25) is 0 Å². The third kappa shape index (κ3) is 5.42. The van der Waals surface area contributed by atoms with Gasteiger partial charge >= 0.3 is 0 Å². The van der Waals surface area contributed by atoms with E-state index in [0.717, 1.165) is 17.1 Å². The summed E-state index contributed by atoms with van der Waals surface area (Å²) in [5.74, 6) is 0. The average Bonchev–Trinajstić information content (AvgIpc) is 3.58. The molecule has 0 aliphatic heterocycles. The zero-order chi connectivity index (χ0) is 34.4. The Kier molecular flexibility index (Phi) is 7.41. The second-order valence-electron chi connectivity index (χ2n) is 13.4. The van der Waals surface area contributed by atoms with Crippen LogP contribution in [0.3, 0.4) is 0 Å². The molecule has 0 bridgehead atoms. The lowest BCUT2D eigenvalue weighted by Crippen LogP contribution is -2.10. The standard InChI is InChI=1S/C50H33NS/c1-2-10-34(11-3-1)36-22-26-42(27-23-36)51(44-16-8-14-39(31-44)40-21-20-35-12-4-5-13-38(35)30-40)43-28-24-37(25-29-43)45-18-9-15-41-32-48-46-17-6-7-19-49(46)52-50(48)33-47(41)45/h1-33H. The van der Waals surface area contributed by atoms with Crippen molar-refractivity contribution in [2.45, 2.75) is 0 Å². The van der Waals surface area contributed by atoms with Crippen LogP contribution in [0, 0.1) is 0 Å². The molecule has 1 aromatic heterocycles. The number of fused-ring (bicyclic) bond motifs is 5. The molecule has 1 nitrogen and oxygen atoms in total. The number of anilines is 3. The fourth-order valence-corrected chi connectivity index (χ4v) is 8.74. The van der Waals surface area contributed by atoms with Crippen molar-refractivity contribution in [3.63, 3.8) is 0 Å². The Morgan fingerprint density at radius 2 is 0.904 bits per heavy atom. The highest BCUT2D eigenvalue weighted by atomic mass is 32.1. The second kappa shape index (κ2) is 12.7. The lowest BCUT2D eigenvalue weighted by molar-refractivity contribution is 1.28. The van der Waals surface area contributed by atoms with Gasteiger partial charge in [0.1, 0.15) is 0 Å². The van der Waals surface area contributed by atoms with Crippen molar-refractivity contribution < 1.29 is 0 Å². The van der Waals surface area contributed by atoms with E-state index in [9.17, 15) is 0 Å². The van der Waals surface area contributed by atoms with E-state index in [2.05, 4.69) is 205 Å². The SMILES string of the molecule is c1ccc(-c2ccc(N(c3ccc(-c4cccc5cc6c(cc45)sc4ccccc46)cc3)c3cccc(-c4ccc5ccccc5c4)c3)cc2)cc1. The monoisotopic (exact) mass is 679 g/mol. The zero-order valence-electron chi connectivity index (χ0n) is 28.4. The highest BCUT2D eigenvalue weighted by molar-refractivity contribution is 7.25. The number of nitrogens with zero attached hydrogens (tertiary/aromatic N) is 1. The molecule has 2 heteroatoms. The van der Waals surface area contributed by atoms with Crippen LogP contribution >= 0.6 is 11.3 Å². The Morgan fingerprint density at radius 3 is 1.73 bits per heavy atom. The van der Waals surface area contributed by atoms with Gasteiger partial charge in [0.05, 0.1) is 0 Å². The molecular weight excluding hydrogens is 647 g/mol. The molecule has 0 fully saturated rings. The van der Waals surface area contributed by atoms with Gasteiger partial charge in [-0.25, -0.2) is 0 Å². The molecule has 10 aromatic rings. The van der Waals surface area contributed by atoms with Gasteiger partial charge in [-0.05, 0) is 116 Å². The first-order chi connectivity index (χ1) is 25.7. The molecule has 244 valence electrons. The molecule has 1 heterocycles. The fraction of sp³-hybridized carbons (Fsp3) is 0. The first-order valence-electron chi connectivity index (χ1n) is 17.7. The van der Waals surface area contributed by atoms with Crippen molar-refractivity contribution in [3.8, 4) is 33.4 Å². The molecule has 0 radical (unpaired) electrons. The van der Waals surface area contributed by atoms with E-state index in [1.807, 2.05) is 11.3 Å². The normalized spacial score (nSPS) is 11.5. The summed E-state index contributed by atoms with van der Waals surface area (Å²) < 4.78 is 2.66. The van der Waals surface area contributed by atoms with E-state index >= 15 is 0 Å². The third-order valence-corrected chi connectivity index (χ3v) is 11.4. The Hall–Kier alpha value is -6.48. The van der Waals surface area contributed by atoms with Gasteiger partial charge in [-0.2, -0.15) is 0 Å². The number of hydrogen-bond acceptors (Lipinski definition) is 2. The zero-order valence-corrected chi connectivity index (χ0v) is 29.2. The van der Waals surface area contributed by atoms with E-state index in [4.69, 9.17) is 0 Å². The van der Waals surface area contributed by atoms with Crippen LogP contribution in [0.2, 0.25) is 0 Å². The number of rotatable bonds is 6. The third-order valence-electron chi connectivity index (χ3n) is 10.2. The summed E-state index contributed by atoms with van der Waals surface area (Å²) in [6, 6.07) is 72.9. The molecule has 0 atom stereocenters.